The molecule has 1 aliphatic heterocycles. The van der Waals surface area contributed by atoms with Crippen molar-refractivity contribution in [2.45, 2.75) is 4.90 Å². The van der Waals surface area contributed by atoms with Crippen LogP contribution in [0.4, 0.5) is 4.39 Å². The fourth-order valence-electron chi connectivity index (χ4n) is 2.59. The van der Waals surface area contributed by atoms with Crippen LogP contribution in [0.2, 0.25) is 5.02 Å². The molecule has 1 aliphatic rings. The second-order valence-electron chi connectivity index (χ2n) is 5.51. The Morgan fingerprint density at radius 3 is 2.48 bits per heavy atom. The number of benzene rings is 1. The Hall–Kier alpha value is -2.03. The number of amides is 1. The second-order valence-corrected chi connectivity index (χ2v) is 7.89. The van der Waals surface area contributed by atoms with Crippen molar-refractivity contribution in [3.8, 4) is 0 Å². The highest BCUT2D eigenvalue weighted by atomic mass is 35.5. The van der Waals surface area contributed by atoms with Gasteiger partial charge in [0.25, 0.3) is 5.91 Å². The van der Waals surface area contributed by atoms with Crippen LogP contribution in [0.3, 0.4) is 0 Å². The SMILES string of the molecule is O=C(c1cc(Cl)ccn1)N1CCN(S(=O)(=O)c2cccc(F)c2)CC1. The first-order valence-electron chi connectivity index (χ1n) is 7.54. The molecule has 1 aromatic heterocycles. The van der Waals surface area contributed by atoms with Crippen molar-refractivity contribution in [2.75, 3.05) is 26.2 Å². The van der Waals surface area contributed by atoms with Gasteiger partial charge in [0.15, 0.2) is 0 Å². The number of pyridine rings is 1. The summed E-state index contributed by atoms with van der Waals surface area (Å²) in [5.74, 6) is -0.910. The lowest BCUT2D eigenvalue weighted by Gasteiger charge is -2.33. The zero-order valence-electron chi connectivity index (χ0n) is 13.1. The van der Waals surface area contributed by atoms with E-state index in [0.29, 0.717) is 5.02 Å². The minimum Gasteiger partial charge on any atom is -0.335 e. The fraction of sp³-hybridized carbons (Fsp3) is 0.250. The van der Waals surface area contributed by atoms with Crippen LogP contribution in [-0.4, -0.2) is 54.7 Å². The van der Waals surface area contributed by atoms with E-state index < -0.39 is 15.8 Å². The molecule has 3 rings (SSSR count). The van der Waals surface area contributed by atoms with E-state index in [-0.39, 0.29) is 42.7 Å². The number of piperazine rings is 1. The molecule has 9 heteroatoms. The van der Waals surface area contributed by atoms with Crippen LogP contribution in [0.5, 0.6) is 0 Å². The number of halogens is 2. The summed E-state index contributed by atoms with van der Waals surface area (Å²) in [5.41, 5.74) is 0.217. The van der Waals surface area contributed by atoms with Gasteiger partial charge in [0.05, 0.1) is 4.90 Å². The third-order valence-corrected chi connectivity index (χ3v) is 6.03. The minimum atomic E-state index is -3.79. The predicted octanol–water partition coefficient (Wildman–Crippen LogP) is 2.02. The summed E-state index contributed by atoms with van der Waals surface area (Å²) in [6.45, 7) is 0.708. The summed E-state index contributed by atoms with van der Waals surface area (Å²) >= 11 is 5.86. The fourth-order valence-corrected chi connectivity index (χ4v) is 4.21. The molecule has 0 radical (unpaired) electrons. The van der Waals surface area contributed by atoms with Gasteiger partial charge in [0.2, 0.25) is 10.0 Å². The largest absolute Gasteiger partial charge is 0.335 e. The van der Waals surface area contributed by atoms with Crippen molar-refractivity contribution in [3.63, 3.8) is 0 Å². The van der Waals surface area contributed by atoms with E-state index in [2.05, 4.69) is 4.98 Å². The highest BCUT2D eigenvalue weighted by Gasteiger charge is 2.31. The molecule has 2 aromatic rings. The van der Waals surface area contributed by atoms with Gasteiger partial charge >= 0.3 is 0 Å². The average molecular weight is 384 g/mol. The second kappa shape index (κ2) is 7.07. The maximum Gasteiger partial charge on any atom is 0.272 e. The lowest BCUT2D eigenvalue weighted by Crippen LogP contribution is -2.50. The number of nitrogens with zero attached hydrogens (tertiary/aromatic N) is 3. The molecule has 0 atom stereocenters. The molecule has 0 spiro atoms. The summed E-state index contributed by atoms with van der Waals surface area (Å²) in [4.78, 5) is 17.8. The van der Waals surface area contributed by atoms with E-state index >= 15 is 0 Å². The van der Waals surface area contributed by atoms with Crippen molar-refractivity contribution in [3.05, 3.63) is 59.1 Å². The third-order valence-electron chi connectivity index (χ3n) is 3.90. The monoisotopic (exact) mass is 383 g/mol. The molecule has 132 valence electrons. The first-order chi connectivity index (χ1) is 11.9. The van der Waals surface area contributed by atoms with Crippen molar-refractivity contribution >= 4 is 27.5 Å². The number of sulfonamides is 1. The van der Waals surface area contributed by atoms with Crippen LogP contribution in [0.15, 0.2) is 47.5 Å². The van der Waals surface area contributed by atoms with Crippen molar-refractivity contribution in [1.29, 1.82) is 0 Å². The standard InChI is InChI=1S/C16H15ClFN3O3S/c17-12-4-5-19-15(10-12)16(22)20-6-8-21(9-7-20)25(23,24)14-3-1-2-13(18)11-14/h1-5,10-11H,6-9H2. The van der Waals surface area contributed by atoms with E-state index in [1.54, 1.807) is 6.07 Å². The van der Waals surface area contributed by atoms with Gasteiger partial charge in [-0.2, -0.15) is 4.31 Å². The van der Waals surface area contributed by atoms with Crippen molar-refractivity contribution in [1.82, 2.24) is 14.2 Å². The minimum absolute atomic E-state index is 0.0937. The van der Waals surface area contributed by atoms with E-state index in [1.807, 2.05) is 0 Å². The Balaban J connectivity index is 1.70. The first-order valence-corrected chi connectivity index (χ1v) is 9.36. The van der Waals surface area contributed by atoms with E-state index in [1.165, 1.54) is 39.7 Å². The molecule has 0 saturated carbocycles. The molecular formula is C16H15ClFN3O3S. The smallest absolute Gasteiger partial charge is 0.272 e. The van der Waals surface area contributed by atoms with Crippen molar-refractivity contribution < 1.29 is 17.6 Å². The number of aromatic nitrogens is 1. The summed E-state index contributed by atoms with van der Waals surface area (Å²) in [7, 11) is -3.79. The molecular weight excluding hydrogens is 369 g/mol. The topological polar surface area (TPSA) is 70.6 Å². The van der Waals surface area contributed by atoms with Gasteiger partial charge < -0.3 is 4.90 Å². The van der Waals surface area contributed by atoms with E-state index in [4.69, 9.17) is 11.6 Å². The van der Waals surface area contributed by atoms with Gasteiger partial charge in [-0.25, -0.2) is 12.8 Å². The Bertz CT molecular complexity index is 899. The van der Waals surface area contributed by atoms with Crippen LogP contribution in [0, 0.1) is 5.82 Å². The van der Waals surface area contributed by atoms with Crippen LogP contribution in [0.25, 0.3) is 0 Å². The molecule has 1 fully saturated rings. The zero-order chi connectivity index (χ0) is 18.0. The Labute approximate surface area is 149 Å². The van der Waals surface area contributed by atoms with Crippen LogP contribution in [0.1, 0.15) is 10.5 Å². The zero-order valence-corrected chi connectivity index (χ0v) is 14.7. The quantitative estimate of drug-likeness (QED) is 0.813. The predicted molar refractivity (Wildman–Crippen MR) is 90.3 cm³/mol. The molecule has 0 aliphatic carbocycles. The van der Waals surface area contributed by atoms with Crippen LogP contribution >= 0.6 is 11.6 Å². The Morgan fingerprint density at radius 1 is 1.12 bits per heavy atom. The molecule has 6 nitrogen and oxygen atoms in total. The lowest BCUT2D eigenvalue weighted by molar-refractivity contribution is 0.0692. The molecule has 1 aromatic carbocycles. The van der Waals surface area contributed by atoms with Crippen LogP contribution < -0.4 is 0 Å². The van der Waals surface area contributed by atoms with Gasteiger partial charge in [-0.1, -0.05) is 17.7 Å². The van der Waals surface area contributed by atoms with Gasteiger partial charge in [0, 0.05) is 37.4 Å². The van der Waals surface area contributed by atoms with Crippen molar-refractivity contribution in [2.24, 2.45) is 0 Å². The first kappa shape index (κ1) is 17.8. The lowest BCUT2D eigenvalue weighted by atomic mass is 10.3. The number of rotatable bonds is 3. The highest BCUT2D eigenvalue weighted by Crippen LogP contribution is 2.19. The van der Waals surface area contributed by atoms with E-state index in [9.17, 15) is 17.6 Å². The number of carbonyl (C=O) groups is 1. The molecule has 1 amide bonds. The van der Waals surface area contributed by atoms with Crippen LogP contribution in [-0.2, 0) is 10.0 Å². The van der Waals surface area contributed by atoms with Gasteiger partial charge in [-0.3, -0.25) is 9.78 Å². The average Bonchev–Trinajstić information content (AvgIpc) is 2.61. The Morgan fingerprint density at radius 2 is 1.84 bits per heavy atom. The Kier molecular flexibility index (Phi) is 5.03. The number of hydrogen-bond acceptors (Lipinski definition) is 4. The molecule has 0 bridgehead atoms. The molecule has 2 heterocycles. The number of hydrogen-bond donors (Lipinski definition) is 0. The molecule has 0 N–H and O–H groups in total. The normalized spacial score (nSPS) is 16.0. The van der Waals surface area contributed by atoms with Gasteiger partial charge in [0.1, 0.15) is 11.5 Å². The summed E-state index contributed by atoms with van der Waals surface area (Å²) in [6, 6.07) is 7.93. The molecule has 25 heavy (non-hydrogen) atoms. The maximum absolute atomic E-state index is 13.3. The summed E-state index contributed by atoms with van der Waals surface area (Å²) in [5, 5.41) is 0.408. The molecule has 1 saturated heterocycles. The third kappa shape index (κ3) is 3.81. The summed E-state index contributed by atoms with van der Waals surface area (Å²) < 4.78 is 39.7. The number of carbonyl (C=O) groups excluding carboxylic acids is 1. The maximum atomic E-state index is 13.3. The van der Waals surface area contributed by atoms with Gasteiger partial charge in [-0.15, -0.1) is 0 Å². The molecule has 0 unspecified atom stereocenters. The highest BCUT2D eigenvalue weighted by molar-refractivity contribution is 7.89. The van der Waals surface area contributed by atoms with Gasteiger partial charge in [-0.05, 0) is 30.3 Å². The van der Waals surface area contributed by atoms with E-state index in [0.717, 1.165) is 6.07 Å². The summed E-state index contributed by atoms with van der Waals surface area (Å²) in [6.07, 6.45) is 1.44.